The summed E-state index contributed by atoms with van der Waals surface area (Å²) < 4.78 is 7.64. The Kier molecular flexibility index (Phi) is 4.17. The van der Waals surface area contributed by atoms with E-state index in [4.69, 9.17) is 14.8 Å². The van der Waals surface area contributed by atoms with Gasteiger partial charge in [-0.1, -0.05) is 29.8 Å². The summed E-state index contributed by atoms with van der Waals surface area (Å²) in [5.41, 5.74) is 6.35. The number of nitrogens with zero attached hydrogens (tertiary/aromatic N) is 3. The summed E-state index contributed by atoms with van der Waals surface area (Å²) in [6.07, 6.45) is 2.56. The molecule has 1 aliphatic rings. The summed E-state index contributed by atoms with van der Waals surface area (Å²) in [5.74, 6) is 0.972. The van der Waals surface area contributed by atoms with Gasteiger partial charge in [-0.25, -0.2) is 4.98 Å². The van der Waals surface area contributed by atoms with Gasteiger partial charge in [-0.15, -0.1) is 0 Å². The van der Waals surface area contributed by atoms with Gasteiger partial charge in [0.1, 0.15) is 5.82 Å². The zero-order chi connectivity index (χ0) is 17.4. The highest BCUT2D eigenvalue weighted by Crippen LogP contribution is 2.27. The van der Waals surface area contributed by atoms with Crippen molar-refractivity contribution in [3.8, 4) is 11.3 Å². The first-order valence-corrected chi connectivity index (χ1v) is 8.91. The minimum absolute atomic E-state index is 0.289. The lowest BCUT2D eigenvalue weighted by Crippen LogP contribution is -2.20. The van der Waals surface area contributed by atoms with Crippen molar-refractivity contribution >= 4 is 11.5 Å². The maximum atomic E-state index is 5.72. The molecule has 0 unspecified atom stereocenters. The van der Waals surface area contributed by atoms with E-state index >= 15 is 0 Å². The van der Waals surface area contributed by atoms with Crippen LogP contribution >= 0.6 is 0 Å². The lowest BCUT2D eigenvalue weighted by molar-refractivity contribution is 0.120. The van der Waals surface area contributed by atoms with E-state index in [1.807, 2.05) is 17.5 Å². The van der Waals surface area contributed by atoms with Crippen LogP contribution in [-0.4, -0.2) is 33.9 Å². The fraction of sp³-hybridized carbons (Fsp3) is 0.400. The maximum Gasteiger partial charge on any atom is 0.161 e. The number of fused-ring (bicyclic) bond motifs is 1. The molecule has 1 atom stereocenters. The number of aromatic nitrogens is 3. The van der Waals surface area contributed by atoms with Crippen LogP contribution in [0.5, 0.6) is 0 Å². The largest absolute Gasteiger partial charge is 0.376 e. The topological polar surface area (TPSA) is 51.5 Å². The molecular weight excluding hydrogens is 312 g/mol. The van der Waals surface area contributed by atoms with Crippen LogP contribution in [0.1, 0.15) is 29.7 Å². The average molecular weight is 336 g/mol. The molecular formula is C20H24N4O. The molecule has 1 saturated heterocycles. The Morgan fingerprint density at radius 2 is 2.00 bits per heavy atom. The minimum atomic E-state index is 0.289. The van der Waals surface area contributed by atoms with Crippen molar-refractivity contribution in [1.82, 2.24) is 14.6 Å². The van der Waals surface area contributed by atoms with Crippen LogP contribution in [0.15, 0.2) is 30.3 Å². The summed E-state index contributed by atoms with van der Waals surface area (Å²) in [6, 6.07) is 10.5. The Morgan fingerprint density at radius 1 is 1.20 bits per heavy atom. The minimum Gasteiger partial charge on any atom is -0.376 e. The molecule has 0 amide bonds. The number of rotatable bonds is 4. The number of benzene rings is 1. The van der Waals surface area contributed by atoms with Crippen LogP contribution in [-0.2, 0) is 4.74 Å². The summed E-state index contributed by atoms with van der Waals surface area (Å²) >= 11 is 0. The molecule has 5 heteroatoms. The molecule has 0 bridgehead atoms. The molecule has 25 heavy (non-hydrogen) atoms. The Hall–Kier alpha value is -2.40. The van der Waals surface area contributed by atoms with E-state index in [0.717, 1.165) is 60.0 Å². The summed E-state index contributed by atoms with van der Waals surface area (Å²) in [6.45, 7) is 7.88. The van der Waals surface area contributed by atoms with Gasteiger partial charge in [0.15, 0.2) is 5.65 Å². The molecule has 5 nitrogen and oxygen atoms in total. The SMILES string of the molecule is Cc1ccc(-c2nn3c(NC[C@@H]4CCCO4)cc(C)nc3c2C)cc1. The highest BCUT2D eigenvalue weighted by molar-refractivity contribution is 5.71. The molecule has 2 aromatic heterocycles. The predicted octanol–water partition coefficient (Wildman–Crippen LogP) is 3.91. The molecule has 1 fully saturated rings. The molecule has 0 spiro atoms. The second kappa shape index (κ2) is 6.48. The van der Waals surface area contributed by atoms with Crippen molar-refractivity contribution in [2.75, 3.05) is 18.5 Å². The molecule has 1 aliphatic heterocycles. The van der Waals surface area contributed by atoms with Crippen molar-refractivity contribution < 1.29 is 4.74 Å². The predicted molar refractivity (Wildman–Crippen MR) is 100 cm³/mol. The van der Waals surface area contributed by atoms with Gasteiger partial charge in [-0.3, -0.25) is 0 Å². The van der Waals surface area contributed by atoms with E-state index in [-0.39, 0.29) is 6.10 Å². The van der Waals surface area contributed by atoms with E-state index in [0.29, 0.717) is 0 Å². The van der Waals surface area contributed by atoms with Gasteiger partial charge < -0.3 is 10.1 Å². The third-order valence-electron chi connectivity index (χ3n) is 4.81. The molecule has 4 rings (SSSR count). The lowest BCUT2D eigenvalue weighted by Gasteiger charge is -2.13. The van der Waals surface area contributed by atoms with Crippen LogP contribution in [0.3, 0.4) is 0 Å². The van der Waals surface area contributed by atoms with Crippen molar-refractivity contribution in [3.63, 3.8) is 0 Å². The standard InChI is InChI=1S/C20H24N4O/c1-13-6-8-16(9-7-13)19-15(3)20-22-14(2)11-18(24(20)23-19)21-12-17-5-4-10-25-17/h6-9,11,17,21H,4-5,10,12H2,1-3H3/t17-/m0/s1. The summed E-state index contributed by atoms with van der Waals surface area (Å²) in [7, 11) is 0. The maximum absolute atomic E-state index is 5.72. The third kappa shape index (κ3) is 3.12. The van der Waals surface area contributed by atoms with Crippen LogP contribution in [0, 0.1) is 20.8 Å². The molecule has 130 valence electrons. The molecule has 0 aliphatic carbocycles. The number of hydrogen-bond acceptors (Lipinski definition) is 4. The van der Waals surface area contributed by atoms with Gasteiger partial charge in [-0.2, -0.15) is 9.61 Å². The zero-order valence-corrected chi connectivity index (χ0v) is 15.0. The second-order valence-electron chi connectivity index (χ2n) is 6.87. The molecule has 3 heterocycles. The van der Waals surface area contributed by atoms with Gasteiger partial charge in [0, 0.05) is 36.0 Å². The fourth-order valence-electron chi connectivity index (χ4n) is 3.38. The molecule has 1 N–H and O–H groups in total. The lowest BCUT2D eigenvalue weighted by atomic mass is 10.1. The Morgan fingerprint density at radius 3 is 2.72 bits per heavy atom. The Bertz CT molecular complexity index is 892. The molecule has 0 radical (unpaired) electrons. The summed E-state index contributed by atoms with van der Waals surface area (Å²) in [5, 5.41) is 8.36. The van der Waals surface area contributed by atoms with Crippen LogP contribution in [0.2, 0.25) is 0 Å². The molecule has 0 saturated carbocycles. The molecule has 3 aromatic rings. The third-order valence-corrected chi connectivity index (χ3v) is 4.81. The van der Waals surface area contributed by atoms with Crippen molar-refractivity contribution in [2.24, 2.45) is 0 Å². The van der Waals surface area contributed by atoms with Crippen LogP contribution < -0.4 is 5.32 Å². The second-order valence-corrected chi connectivity index (χ2v) is 6.87. The fourth-order valence-corrected chi connectivity index (χ4v) is 3.38. The van der Waals surface area contributed by atoms with E-state index < -0.39 is 0 Å². The van der Waals surface area contributed by atoms with Gasteiger partial charge in [0.2, 0.25) is 0 Å². The Labute approximate surface area is 148 Å². The highest BCUT2D eigenvalue weighted by Gasteiger charge is 2.18. The van der Waals surface area contributed by atoms with Gasteiger partial charge >= 0.3 is 0 Å². The van der Waals surface area contributed by atoms with Crippen molar-refractivity contribution in [2.45, 2.75) is 39.7 Å². The van der Waals surface area contributed by atoms with E-state index in [1.54, 1.807) is 0 Å². The van der Waals surface area contributed by atoms with E-state index in [2.05, 4.69) is 43.4 Å². The van der Waals surface area contributed by atoms with Crippen molar-refractivity contribution in [3.05, 3.63) is 47.2 Å². The zero-order valence-electron chi connectivity index (χ0n) is 15.0. The first-order chi connectivity index (χ1) is 12.1. The number of ether oxygens (including phenoxy) is 1. The van der Waals surface area contributed by atoms with E-state index in [1.165, 1.54) is 5.56 Å². The Balaban J connectivity index is 1.73. The number of nitrogens with one attached hydrogen (secondary N) is 1. The number of anilines is 1. The van der Waals surface area contributed by atoms with Crippen molar-refractivity contribution in [1.29, 1.82) is 0 Å². The van der Waals surface area contributed by atoms with Gasteiger partial charge in [-0.05, 0) is 33.6 Å². The molecule has 1 aromatic carbocycles. The highest BCUT2D eigenvalue weighted by atomic mass is 16.5. The quantitative estimate of drug-likeness (QED) is 0.785. The average Bonchev–Trinajstić information content (AvgIpc) is 3.23. The van der Waals surface area contributed by atoms with Gasteiger partial charge in [0.05, 0.1) is 11.8 Å². The number of aryl methyl sites for hydroxylation is 3. The van der Waals surface area contributed by atoms with Gasteiger partial charge in [0.25, 0.3) is 0 Å². The normalized spacial score (nSPS) is 17.3. The van der Waals surface area contributed by atoms with Crippen LogP contribution in [0.25, 0.3) is 16.9 Å². The first-order valence-electron chi connectivity index (χ1n) is 8.91. The van der Waals surface area contributed by atoms with Crippen LogP contribution in [0.4, 0.5) is 5.82 Å². The first kappa shape index (κ1) is 16.1. The van der Waals surface area contributed by atoms with E-state index in [9.17, 15) is 0 Å². The monoisotopic (exact) mass is 336 g/mol. The smallest absolute Gasteiger partial charge is 0.161 e. The number of hydrogen-bond donors (Lipinski definition) is 1. The summed E-state index contributed by atoms with van der Waals surface area (Å²) in [4.78, 5) is 4.71.